The highest BCUT2D eigenvalue weighted by atomic mass is 79.9. The summed E-state index contributed by atoms with van der Waals surface area (Å²) in [6.07, 6.45) is 17.3. The van der Waals surface area contributed by atoms with E-state index in [-0.39, 0.29) is 16.9 Å². The van der Waals surface area contributed by atoms with Gasteiger partial charge in [0.2, 0.25) is 0 Å². The van der Waals surface area contributed by atoms with Crippen LogP contribution in [-0.4, -0.2) is 30.4 Å². The Hall–Kier alpha value is -3.62. The third kappa shape index (κ3) is 11.9. The molecule has 0 amide bonds. The molecule has 0 bridgehead atoms. The van der Waals surface area contributed by atoms with E-state index in [2.05, 4.69) is 29.8 Å². The van der Waals surface area contributed by atoms with Crippen LogP contribution in [0.4, 0.5) is 35.1 Å². The van der Waals surface area contributed by atoms with E-state index < -0.39 is 53.3 Å². The Morgan fingerprint density at radius 2 is 0.952 bits per heavy atom. The van der Waals surface area contributed by atoms with Crippen molar-refractivity contribution in [1.29, 1.82) is 0 Å². The van der Waals surface area contributed by atoms with Gasteiger partial charge in [-0.05, 0) is 161 Å². The maximum absolute atomic E-state index is 14.7. The summed E-state index contributed by atoms with van der Waals surface area (Å²) in [6, 6.07) is 8.95. The van der Waals surface area contributed by atoms with Gasteiger partial charge >= 0.3 is 7.12 Å². The van der Waals surface area contributed by atoms with Gasteiger partial charge in [0.25, 0.3) is 0 Å². The molecule has 2 saturated carbocycles. The highest BCUT2D eigenvalue weighted by Gasteiger charge is 2.33. The molecule has 0 unspecified atom stereocenters. The highest BCUT2D eigenvalue weighted by Crippen LogP contribution is 2.43. The Kier molecular flexibility index (Phi) is 16.9. The van der Waals surface area contributed by atoms with Gasteiger partial charge in [0.15, 0.2) is 34.9 Å². The lowest BCUT2D eigenvalue weighted by atomic mass is 9.72. The second-order valence-corrected chi connectivity index (χ2v) is 18.3. The van der Waals surface area contributed by atoms with E-state index >= 15 is 0 Å². The highest BCUT2D eigenvalue weighted by molar-refractivity contribution is 9.10. The zero-order valence-electron chi connectivity index (χ0n) is 35.1. The summed E-state index contributed by atoms with van der Waals surface area (Å²) in [4.78, 5) is 0. The van der Waals surface area contributed by atoms with Crippen LogP contribution in [0.3, 0.4) is 0 Å². The van der Waals surface area contributed by atoms with Crippen LogP contribution in [0.2, 0.25) is 0 Å². The van der Waals surface area contributed by atoms with Crippen LogP contribution in [-0.2, 0) is 12.8 Å². The van der Waals surface area contributed by atoms with Crippen molar-refractivity contribution < 1.29 is 54.6 Å². The summed E-state index contributed by atoms with van der Waals surface area (Å²) >= 11 is 3.23. The largest absolute Gasteiger partial charge is 0.493 e. The summed E-state index contributed by atoms with van der Waals surface area (Å²) in [7, 11) is -2.00. The van der Waals surface area contributed by atoms with Gasteiger partial charge in [-0.25, -0.2) is 35.1 Å². The van der Waals surface area contributed by atoms with Gasteiger partial charge in [-0.3, -0.25) is 0 Å². The fourth-order valence-electron chi connectivity index (χ4n) is 9.80. The molecule has 2 atom stereocenters. The van der Waals surface area contributed by atoms with E-state index in [1.165, 1.54) is 89.2 Å². The predicted molar refractivity (Wildman–Crippen MR) is 228 cm³/mol. The number of hydrogen-bond acceptors (Lipinski definition) is 4. The second-order valence-electron chi connectivity index (χ2n) is 17.4. The lowest BCUT2D eigenvalue weighted by Crippen LogP contribution is -2.30. The van der Waals surface area contributed by atoms with E-state index in [9.17, 15) is 35.1 Å². The Morgan fingerprint density at radius 3 is 1.39 bits per heavy atom. The molecule has 62 heavy (non-hydrogen) atoms. The fraction of sp³-hybridized carbons (Fsp3) is 0.500. The molecule has 4 nitrogen and oxygen atoms in total. The molecular weight excluding hydrogens is 883 g/mol. The molecule has 4 aromatic rings. The molecule has 2 aliphatic carbocycles. The zero-order chi connectivity index (χ0) is 44.7. The molecule has 336 valence electrons. The van der Waals surface area contributed by atoms with Crippen LogP contribution in [0.25, 0.3) is 11.1 Å². The Morgan fingerprint density at radius 1 is 0.532 bits per heavy atom. The third-order valence-electron chi connectivity index (χ3n) is 13.2. The smallest absolute Gasteiger partial charge is 0.488 e. The normalized spacial score (nSPS) is 23.0. The number of hydrogen-bond donors (Lipinski definition) is 2. The number of rotatable bonds is 8. The van der Waals surface area contributed by atoms with Crippen molar-refractivity contribution in [1.82, 2.24) is 0 Å². The van der Waals surface area contributed by atoms with Crippen molar-refractivity contribution in [2.75, 3.05) is 13.2 Å². The summed E-state index contributed by atoms with van der Waals surface area (Å²) < 4.78 is 118. The van der Waals surface area contributed by atoms with E-state index in [1.54, 1.807) is 12.1 Å². The van der Waals surface area contributed by atoms with Crippen molar-refractivity contribution in [3.05, 3.63) is 111 Å². The van der Waals surface area contributed by atoms with Crippen molar-refractivity contribution in [2.45, 2.75) is 104 Å². The molecule has 0 radical (unpaired) electrons. The van der Waals surface area contributed by atoms with E-state index in [1.807, 2.05) is 0 Å². The Balaban J connectivity index is 0.000000169. The molecule has 2 fully saturated rings. The minimum absolute atomic E-state index is 0.0140. The quantitative estimate of drug-likeness (QED) is 0.105. The third-order valence-corrected chi connectivity index (χ3v) is 13.8. The minimum atomic E-state index is -2.00. The lowest BCUT2D eigenvalue weighted by molar-refractivity contribution is 0.125. The predicted octanol–water partition coefficient (Wildman–Crippen LogP) is 12.6. The molecule has 4 aromatic carbocycles. The van der Waals surface area contributed by atoms with Crippen molar-refractivity contribution in [2.24, 2.45) is 35.5 Å². The zero-order valence-corrected chi connectivity index (χ0v) is 36.7. The molecular formula is C48H54BBrF8O4. The summed E-state index contributed by atoms with van der Waals surface area (Å²) in [5.41, 5.74) is 1.39. The molecule has 8 rings (SSSR count). The van der Waals surface area contributed by atoms with E-state index in [4.69, 9.17) is 19.5 Å². The monoisotopic (exact) mass is 936 g/mol. The molecule has 14 heteroatoms. The van der Waals surface area contributed by atoms with Crippen molar-refractivity contribution >= 4 is 28.5 Å². The maximum Gasteiger partial charge on any atom is 0.488 e. The molecule has 0 saturated heterocycles. The van der Waals surface area contributed by atoms with E-state index in [0.717, 1.165) is 66.2 Å². The molecule has 2 aliphatic heterocycles. The van der Waals surface area contributed by atoms with Crippen LogP contribution < -0.4 is 14.9 Å². The number of fused-ring (bicyclic) bond motifs is 2. The van der Waals surface area contributed by atoms with Gasteiger partial charge in [0, 0.05) is 5.56 Å². The number of benzene rings is 4. The first-order chi connectivity index (χ1) is 29.6. The first kappa shape index (κ1) is 47.9. The van der Waals surface area contributed by atoms with Crippen LogP contribution in [0.15, 0.2) is 53.0 Å². The average molecular weight is 938 g/mol. The van der Waals surface area contributed by atoms with E-state index in [0.29, 0.717) is 46.7 Å². The Labute approximate surface area is 367 Å². The maximum atomic E-state index is 14.7. The molecule has 0 spiro atoms. The average Bonchev–Trinajstić information content (AvgIpc) is 3.25. The topological polar surface area (TPSA) is 58.9 Å². The van der Waals surface area contributed by atoms with Gasteiger partial charge in [-0.15, -0.1) is 0 Å². The summed E-state index contributed by atoms with van der Waals surface area (Å²) in [5.74, 6) is -4.02. The van der Waals surface area contributed by atoms with Crippen LogP contribution in [0.5, 0.6) is 11.5 Å². The first-order valence-electron chi connectivity index (χ1n) is 21.9. The SMILES string of the molecule is CCCC1CCC([C@@H]2COc3cc(-c4cc(F)c(F)c(F)c4)c(F)cc3C2)CC1.CCCC1CCC([C@@H]2COc3cc(Br)c(F)cc3C2)CC1.OB(O)c1cc(F)c(F)c(F)c1. The standard InChI is InChI=1S/C24H26F4O.C18H24BrFO.C6H4BF3O2/c1-2-3-14-4-6-15(7-5-14)18-8-17-11-20(25)19(12-23(17)29-13-18)16-9-21(26)24(28)22(27)10-16;1-2-3-12-4-6-13(7-5-12)15-8-14-9-17(20)16(19)10-18(14)21-11-15;8-4-1-3(7(11)12)2-5(9)6(4)10/h9-12,14-15,18H,2-8,13H2,1H3;9-10,12-13,15H,2-8,11H2,1H3;1-2,11-12H/t14?,15?,18-;12?,13?,15-;/m00./s1. The molecule has 2 N–H and O–H groups in total. The van der Waals surface area contributed by atoms with Crippen LogP contribution in [0.1, 0.15) is 102 Å². The van der Waals surface area contributed by atoms with Gasteiger partial charge in [-0.2, -0.15) is 0 Å². The van der Waals surface area contributed by atoms with Gasteiger partial charge in [0.1, 0.15) is 23.1 Å². The first-order valence-corrected chi connectivity index (χ1v) is 22.7. The van der Waals surface area contributed by atoms with Crippen LogP contribution in [0, 0.1) is 82.0 Å². The second kappa shape index (κ2) is 21.8. The number of ether oxygens (including phenoxy) is 2. The van der Waals surface area contributed by atoms with Crippen molar-refractivity contribution in [3.8, 4) is 22.6 Å². The summed E-state index contributed by atoms with van der Waals surface area (Å²) in [6.45, 7) is 5.89. The van der Waals surface area contributed by atoms with Gasteiger partial charge in [0.05, 0.1) is 17.7 Å². The molecule has 4 aliphatic rings. The lowest BCUT2D eigenvalue weighted by Gasteiger charge is -2.36. The molecule has 0 aromatic heterocycles. The van der Waals surface area contributed by atoms with Crippen LogP contribution >= 0.6 is 15.9 Å². The molecule has 2 heterocycles. The van der Waals surface area contributed by atoms with Crippen molar-refractivity contribution in [3.63, 3.8) is 0 Å². The van der Waals surface area contributed by atoms with Gasteiger partial charge < -0.3 is 19.5 Å². The van der Waals surface area contributed by atoms with Gasteiger partial charge in [-0.1, -0.05) is 65.2 Å². The Bertz CT molecular complexity index is 2090. The number of halogens is 9. The minimum Gasteiger partial charge on any atom is -0.493 e. The fourth-order valence-corrected chi connectivity index (χ4v) is 10.1. The summed E-state index contributed by atoms with van der Waals surface area (Å²) in [5, 5.41) is 16.9.